The monoisotopic (exact) mass is 425 g/mol. The number of benzene rings is 1. The largest absolute Gasteiger partial charge is 0.371 e. The number of amides is 2. The second kappa shape index (κ2) is 9.84. The van der Waals surface area contributed by atoms with Crippen LogP contribution in [0.1, 0.15) is 62.2 Å². The zero-order chi connectivity index (χ0) is 20.1. The van der Waals surface area contributed by atoms with Gasteiger partial charge in [-0.1, -0.05) is 49.4 Å². The predicted molar refractivity (Wildman–Crippen MR) is 116 cm³/mol. The fourth-order valence-electron chi connectivity index (χ4n) is 4.03. The van der Waals surface area contributed by atoms with Crippen molar-refractivity contribution in [3.8, 4) is 0 Å². The topological polar surface area (TPSA) is 61.4 Å². The van der Waals surface area contributed by atoms with Gasteiger partial charge in [0.2, 0.25) is 0 Å². The molecule has 1 aliphatic carbocycles. The van der Waals surface area contributed by atoms with Crippen molar-refractivity contribution in [3.63, 3.8) is 0 Å². The van der Waals surface area contributed by atoms with Gasteiger partial charge in [-0.3, -0.25) is 9.59 Å². The molecule has 1 saturated carbocycles. The Labute approximate surface area is 177 Å². The number of nitrogens with zero attached hydrogens (tertiary/aromatic N) is 1. The average molecular weight is 426 g/mol. The SMILES string of the molecule is CC1CCN(c2ccc(NC(=O)C(Cl)Cl)cc2C(=O)NC2CCCCC2)CC1. The number of nitrogens with one attached hydrogen (secondary N) is 2. The summed E-state index contributed by atoms with van der Waals surface area (Å²) in [6.07, 6.45) is 7.83. The minimum atomic E-state index is -1.15. The van der Waals surface area contributed by atoms with E-state index in [0.717, 1.165) is 57.3 Å². The van der Waals surface area contributed by atoms with Crippen LogP contribution in [-0.2, 0) is 4.79 Å². The van der Waals surface area contributed by atoms with Crippen molar-refractivity contribution in [2.45, 2.75) is 62.7 Å². The molecule has 0 radical (unpaired) electrons. The highest BCUT2D eigenvalue weighted by Crippen LogP contribution is 2.29. The van der Waals surface area contributed by atoms with E-state index in [2.05, 4.69) is 22.5 Å². The summed E-state index contributed by atoms with van der Waals surface area (Å²) in [7, 11) is 0. The summed E-state index contributed by atoms with van der Waals surface area (Å²) in [6, 6.07) is 5.68. The van der Waals surface area contributed by atoms with Crippen LogP contribution in [0.25, 0.3) is 0 Å². The molecule has 2 aliphatic rings. The quantitative estimate of drug-likeness (QED) is 0.670. The van der Waals surface area contributed by atoms with E-state index < -0.39 is 10.7 Å². The second-order valence-corrected chi connectivity index (χ2v) is 9.10. The number of hydrogen-bond acceptors (Lipinski definition) is 3. The third-order valence-corrected chi connectivity index (χ3v) is 6.17. The van der Waals surface area contributed by atoms with Gasteiger partial charge < -0.3 is 15.5 Å². The lowest BCUT2D eigenvalue weighted by Gasteiger charge is -2.34. The summed E-state index contributed by atoms with van der Waals surface area (Å²) in [6.45, 7) is 4.13. The van der Waals surface area contributed by atoms with Gasteiger partial charge in [0.1, 0.15) is 0 Å². The van der Waals surface area contributed by atoms with Crippen molar-refractivity contribution in [1.82, 2.24) is 5.32 Å². The fourth-order valence-corrected chi connectivity index (χ4v) is 4.14. The number of anilines is 2. The number of halogens is 2. The Kier molecular flexibility index (Phi) is 7.47. The summed E-state index contributed by atoms with van der Waals surface area (Å²) in [5.41, 5.74) is 2.05. The van der Waals surface area contributed by atoms with Crippen LogP contribution < -0.4 is 15.5 Å². The summed E-state index contributed by atoms with van der Waals surface area (Å²) in [4.78, 5) is 26.1. The van der Waals surface area contributed by atoms with Gasteiger partial charge in [0.15, 0.2) is 4.84 Å². The van der Waals surface area contributed by atoms with Gasteiger partial charge in [0.25, 0.3) is 11.8 Å². The molecule has 2 fully saturated rings. The first-order valence-electron chi connectivity index (χ1n) is 10.2. The number of carbonyl (C=O) groups excluding carboxylic acids is 2. The molecule has 3 rings (SSSR count). The molecule has 154 valence electrons. The van der Waals surface area contributed by atoms with Crippen LogP contribution in [-0.4, -0.2) is 35.8 Å². The molecule has 1 aromatic carbocycles. The first kappa shape index (κ1) is 21.3. The number of piperidine rings is 1. The van der Waals surface area contributed by atoms with Crippen molar-refractivity contribution in [3.05, 3.63) is 23.8 Å². The molecule has 1 aliphatic heterocycles. The number of carbonyl (C=O) groups is 2. The standard InChI is InChI=1S/C21H29Cl2N3O2/c1-14-9-11-26(12-10-14)18-8-7-16(25-21(28)19(22)23)13-17(18)20(27)24-15-5-3-2-4-6-15/h7-8,13-15,19H,2-6,9-12H2,1H3,(H,24,27)(H,25,28). The van der Waals surface area contributed by atoms with E-state index >= 15 is 0 Å². The van der Waals surface area contributed by atoms with Crippen LogP contribution in [0.3, 0.4) is 0 Å². The third-order valence-electron chi connectivity index (χ3n) is 5.77. The molecule has 1 heterocycles. The number of hydrogen-bond donors (Lipinski definition) is 2. The van der Waals surface area contributed by atoms with E-state index in [1.165, 1.54) is 6.42 Å². The molecular formula is C21H29Cl2N3O2. The molecule has 5 nitrogen and oxygen atoms in total. The lowest BCUT2D eigenvalue weighted by Crippen LogP contribution is -2.38. The first-order valence-corrected chi connectivity index (χ1v) is 11.1. The van der Waals surface area contributed by atoms with Gasteiger partial charge >= 0.3 is 0 Å². The molecule has 1 aromatic rings. The second-order valence-electron chi connectivity index (χ2n) is 8.00. The maximum absolute atomic E-state index is 13.1. The number of alkyl halides is 2. The van der Waals surface area contributed by atoms with Crippen molar-refractivity contribution >= 4 is 46.4 Å². The Bertz CT molecular complexity index is 697. The Hall–Kier alpha value is -1.46. The van der Waals surface area contributed by atoms with Crippen LogP contribution in [0, 0.1) is 5.92 Å². The molecule has 28 heavy (non-hydrogen) atoms. The van der Waals surface area contributed by atoms with Crippen LogP contribution in [0.15, 0.2) is 18.2 Å². The van der Waals surface area contributed by atoms with E-state index in [1.807, 2.05) is 6.07 Å². The maximum Gasteiger partial charge on any atom is 0.257 e. The summed E-state index contributed by atoms with van der Waals surface area (Å²) < 4.78 is 0. The van der Waals surface area contributed by atoms with Gasteiger partial charge in [-0.05, 0) is 49.8 Å². The Morgan fingerprint density at radius 1 is 1.07 bits per heavy atom. The number of rotatable bonds is 5. The molecule has 7 heteroatoms. The van der Waals surface area contributed by atoms with Gasteiger partial charge in [-0.2, -0.15) is 0 Å². The molecule has 0 spiro atoms. The van der Waals surface area contributed by atoms with Gasteiger partial charge in [0.05, 0.1) is 5.56 Å². The van der Waals surface area contributed by atoms with Gasteiger partial charge in [-0.25, -0.2) is 0 Å². The van der Waals surface area contributed by atoms with Gasteiger partial charge in [-0.15, -0.1) is 0 Å². The summed E-state index contributed by atoms with van der Waals surface area (Å²) in [5, 5.41) is 5.87. The molecule has 1 saturated heterocycles. The molecule has 0 unspecified atom stereocenters. The smallest absolute Gasteiger partial charge is 0.257 e. The Balaban J connectivity index is 1.83. The summed E-state index contributed by atoms with van der Waals surface area (Å²) >= 11 is 11.3. The molecule has 2 amide bonds. The Morgan fingerprint density at radius 2 is 1.75 bits per heavy atom. The minimum Gasteiger partial charge on any atom is -0.371 e. The highest BCUT2D eigenvalue weighted by Gasteiger charge is 2.24. The third kappa shape index (κ3) is 5.54. The summed E-state index contributed by atoms with van der Waals surface area (Å²) in [5.74, 6) is 0.130. The van der Waals surface area contributed by atoms with E-state index in [0.29, 0.717) is 17.2 Å². The lowest BCUT2D eigenvalue weighted by molar-refractivity contribution is -0.114. The van der Waals surface area contributed by atoms with Gasteiger partial charge in [0, 0.05) is 30.5 Å². The van der Waals surface area contributed by atoms with Crippen LogP contribution in [0.5, 0.6) is 0 Å². The lowest BCUT2D eigenvalue weighted by atomic mass is 9.95. The predicted octanol–water partition coefficient (Wildman–Crippen LogP) is 4.73. The fraction of sp³-hybridized carbons (Fsp3) is 0.619. The Morgan fingerprint density at radius 3 is 2.39 bits per heavy atom. The van der Waals surface area contributed by atoms with Crippen molar-refractivity contribution in [2.75, 3.05) is 23.3 Å². The van der Waals surface area contributed by atoms with Crippen molar-refractivity contribution < 1.29 is 9.59 Å². The molecule has 0 aromatic heterocycles. The average Bonchev–Trinajstić information content (AvgIpc) is 2.69. The highest BCUT2D eigenvalue weighted by molar-refractivity contribution is 6.54. The first-order chi connectivity index (χ1) is 13.4. The molecular weight excluding hydrogens is 397 g/mol. The normalized spacial score (nSPS) is 18.9. The van der Waals surface area contributed by atoms with Crippen molar-refractivity contribution in [1.29, 1.82) is 0 Å². The van der Waals surface area contributed by atoms with Crippen LogP contribution >= 0.6 is 23.2 Å². The zero-order valence-electron chi connectivity index (χ0n) is 16.3. The van der Waals surface area contributed by atoms with Crippen molar-refractivity contribution in [2.24, 2.45) is 5.92 Å². The van der Waals surface area contributed by atoms with Crippen LogP contribution in [0.2, 0.25) is 0 Å². The molecule has 2 N–H and O–H groups in total. The maximum atomic E-state index is 13.1. The molecule has 0 atom stereocenters. The van der Waals surface area contributed by atoms with E-state index in [-0.39, 0.29) is 11.9 Å². The van der Waals surface area contributed by atoms with Crippen LogP contribution in [0.4, 0.5) is 11.4 Å². The molecule has 0 bridgehead atoms. The highest BCUT2D eigenvalue weighted by atomic mass is 35.5. The van der Waals surface area contributed by atoms with E-state index in [4.69, 9.17) is 23.2 Å². The minimum absolute atomic E-state index is 0.0788. The van der Waals surface area contributed by atoms with E-state index in [1.54, 1.807) is 12.1 Å². The zero-order valence-corrected chi connectivity index (χ0v) is 17.9. The van der Waals surface area contributed by atoms with E-state index in [9.17, 15) is 9.59 Å².